The average molecular weight is 323 g/mol. The number of halogens is 4. The molecule has 1 aliphatic rings. The van der Waals surface area contributed by atoms with Crippen LogP contribution in [0.4, 0.5) is 8.78 Å². The van der Waals surface area contributed by atoms with Gasteiger partial charge in [0.25, 0.3) is 5.92 Å². The summed E-state index contributed by atoms with van der Waals surface area (Å²) in [5.74, 6) is -3.24. The van der Waals surface area contributed by atoms with Crippen molar-refractivity contribution >= 4 is 29.1 Å². The standard InChI is InChI=1S/C13H14Cl2F2N2O/c14-9-2-1-3-10(15)8(9)4-5-18-12(20)11-6-13(16,17)7-19-11/h1-3,11,19H,4-7H2,(H,18,20). The third-order valence-electron chi connectivity index (χ3n) is 3.16. The molecule has 20 heavy (non-hydrogen) atoms. The number of hydrogen-bond donors (Lipinski definition) is 2. The smallest absolute Gasteiger partial charge is 0.262 e. The lowest BCUT2D eigenvalue weighted by Gasteiger charge is -2.12. The van der Waals surface area contributed by atoms with Crippen LogP contribution in [0.5, 0.6) is 0 Å². The van der Waals surface area contributed by atoms with E-state index < -0.39 is 30.8 Å². The van der Waals surface area contributed by atoms with E-state index in [1.54, 1.807) is 18.2 Å². The molecule has 1 amide bonds. The second kappa shape index (κ2) is 6.24. The molecule has 0 aliphatic carbocycles. The minimum atomic E-state index is -2.81. The summed E-state index contributed by atoms with van der Waals surface area (Å²) in [4.78, 5) is 11.7. The first-order chi connectivity index (χ1) is 9.39. The van der Waals surface area contributed by atoms with Crippen molar-refractivity contribution in [2.24, 2.45) is 0 Å². The highest BCUT2D eigenvalue weighted by Gasteiger charge is 2.42. The van der Waals surface area contributed by atoms with E-state index in [1.807, 2.05) is 0 Å². The maximum Gasteiger partial charge on any atom is 0.262 e. The number of carbonyl (C=O) groups is 1. The second-order valence-electron chi connectivity index (χ2n) is 4.73. The summed E-state index contributed by atoms with van der Waals surface area (Å²) in [5, 5.41) is 6.17. The van der Waals surface area contributed by atoms with Gasteiger partial charge >= 0.3 is 0 Å². The third kappa shape index (κ3) is 3.81. The van der Waals surface area contributed by atoms with Crippen LogP contribution >= 0.6 is 23.2 Å². The molecule has 0 aromatic heterocycles. The van der Waals surface area contributed by atoms with Gasteiger partial charge in [-0.05, 0) is 24.1 Å². The topological polar surface area (TPSA) is 41.1 Å². The molecule has 1 saturated heterocycles. The Balaban J connectivity index is 1.83. The summed E-state index contributed by atoms with van der Waals surface area (Å²) in [5.41, 5.74) is 0.737. The molecule has 1 unspecified atom stereocenters. The molecule has 0 saturated carbocycles. The lowest BCUT2D eigenvalue weighted by atomic mass is 10.1. The molecule has 110 valence electrons. The molecule has 0 bridgehead atoms. The number of amides is 1. The number of benzene rings is 1. The van der Waals surface area contributed by atoms with Gasteiger partial charge in [-0.3, -0.25) is 10.1 Å². The second-order valence-corrected chi connectivity index (χ2v) is 5.55. The predicted molar refractivity (Wildman–Crippen MR) is 74.5 cm³/mol. The summed E-state index contributed by atoms with van der Waals surface area (Å²) >= 11 is 12.0. The van der Waals surface area contributed by atoms with Gasteiger partial charge in [0.05, 0.1) is 12.6 Å². The Morgan fingerprint density at radius 2 is 2.05 bits per heavy atom. The van der Waals surface area contributed by atoms with Crippen molar-refractivity contribution in [2.45, 2.75) is 24.8 Å². The van der Waals surface area contributed by atoms with Gasteiger partial charge in [0, 0.05) is 23.0 Å². The lowest BCUT2D eigenvalue weighted by molar-refractivity contribution is -0.123. The Labute approximate surface area is 125 Å². The molecule has 1 fully saturated rings. The van der Waals surface area contributed by atoms with Crippen LogP contribution in [0.1, 0.15) is 12.0 Å². The van der Waals surface area contributed by atoms with Crippen molar-refractivity contribution in [3.8, 4) is 0 Å². The fourth-order valence-corrected chi connectivity index (χ4v) is 2.69. The van der Waals surface area contributed by atoms with Gasteiger partial charge in [-0.1, -0.05) is 29.3 Å². The molecule has 1 atom stereocenters. The number of carbonyl (C=O) groups excluding carboxylic acids is 1. The summed E-state index contributed by atoms with van der Waals surface area (Å²) in [6.45, 7) is -0.159. The molecule has 2 N–H and O–H groups in total. The summed E-state index contributed by atoms with van der Waals surface area (Å²) in [6.07, 6.45) is -0.0148. The van der Waals surface area contributed by atoms with Crippen LogP contribution in [0.25, 0.3) is 0 Å². The Hall–Kier alpha value is -0.910. The van der Waals surface area contributed by atoms with Gasteiger partial charge in [-0.2, -0.15) is 0 Å². The minimum absolute atomic E-state index is 0.298. The van der Waals surface area contributed by atoms with Crippen molar-refractivity contribution < 1.29 is 13.6 Å². The fourth-order valence-electron chi connectivity index (χ4n) is 2.11. The van der Waals surface area contributed by atoms with E-state index in [4.69, 9.17) is 23.2 Å². The van der Waals surface area contributed by atoms with Crippen LogP contribution < -0.4 is 10.6 Å². The number of rotatable bonds is 4. The largest absolute Gasteiger partial charge is 0.354 e. The highest BCUT2D eigenvalue weighted by molar-refractivity contribution is 6.35. The first-order valence-electron chi connectivity index (χ1n) is 6.21. The Bertz CT molecular complexity index is 491. The van der Waals surface area contributed by atoms with E-state index in [0.29, 0.717) is 23.0 Å². The zero-order chi connectivity index (χ0) is 14.8. The molecule has 1 aliphatic heterocycles. The number of nitrogens with one attached hydrogen (secondary N) is 2. The van der Waals surface area contributed by atoms with E-state index >= 15 is 0 Å². The van der Waals surface area contributed by atoms with Gasteiger partial charge in [0.1, 0.15) is 0 Å². The first kappa shape index (κ1) is 15.5. The van der Waals surface area contributed by atoms with Crippen molar-refractivity contribution in [3.63, 3.8) is 0 Å². The molecule has 2 rings (SSSR count). The lowest BCUT2D eigenvalue weighted by Crippen LogP contribution is -2.41. The van der Waals surface area contributed by atoms with E-state index in [2.05, 4.69) is 10.6 Å². The summed E-state index contributed by atoms with van der Waals surface area (Å²) in [6, 6.07) is 4.32. The van der Waals surface area contributed by atoms with Gasteiger partial charge in [0.15, 0.2) is 0 Å². The molecule has 0 radical (unpaired) electrons. The molecule has 1 heterocycles. The fraction of sp³-hybridized carbons (Fsp3) is 0.462. The van der Waals surface area contributed by atoms with Crippen molar-refractivity contribution in [1.29, 1.82) is 0 Å². The van der Waals surface area contributed by atoms with Gasteiger partial charge in [-0.25, -0.2) is 8.78 Å². The van der Waals surface area contributed by atoms with Crippen LogP contribution in [0, 0.1) is 0 Å². The maximum atomic E-state index is 13.0. The highest BCUT2D eigenvalue weighted by Crippen LogP contribution is 2.26. The Morgan fingerprint density at radius 1 is 1.40 bits per heavy atom. The van der Waals surface area contributed by atoms with Gasteiger partial charge in [0.2, 0.25) is 5.91 Å². The predicted octanol–water partition coefficient (Wildman–Crippen LogP) is 2.65. The Kier molecular flexibility index (Phi) is 4.83. The Morgan fingerprint density at radius 3 is 2.60 bits per heavy atom. The summed E-state index contributed by atoms with van der Waals surface area (Å²) < 4.78 is 25.9. The number of alkyl halides is 2. The zero-order valence-electron chi connectivity index (χ0n) is 10.6. The normalized spacial score (nSPS) is 20.9. The van der Waals surface area contributed by atoms with Crippen molar-refractivity contribution in [3.05, 3.63) is 33.8 Å². The molecule has 3 nitrogen and oxygen atoms in total. The molecule has 1 aromatic carbocycles. The third-order valence-corrected chi connectivity index (χ3v) is 3.87. The number of hydrogen-bond acceptors (Lipinski definition) is 2. The molecule has 0 spiro atoms. The zero-order valence-corrected chi connectivity index (χ0v) is 12.1. The monoisotopic (exact) mass is 322 g/mol. The van der Waals surface area contributed by atoms with Crippen molar-refractivity contribution in [1.82, 2.24) is 10.6 Å². The van der Waals surface area contributed by atoms with E-state index in [1.165, 1.54) is 0 Å². The van der Waals surface area contributed by atoms with Crippen LogP contribution in [0.3, 0.4) is 0 Å². The van der Waals surface area contributed by atoms with E-state index in [9.17, 15) is 13.6 Å². The molecule has 1 aromatic rings. The van der Waals surface area contributed by atoms with Crippen LogP contribution in [-0.2, 0) is 11.2 Å². The van der Waals surface area contributed by atoms with Crippen LogP contribution in [-0.4, -0.2) is 31.0 Å². The molecular weight excluding hydrogens is 309 g/mol. The van der Waals surface area contributed by atoms with Crippen LogP contribution in [0.2, 0.25) is 10.0 Å². The van der Waals surface area contributed by atoms with Crippen LogP contribution in [0.15, 0.2) is 18.2 Å². The highest BCUT2D eigenvalue weighted by atomic mass is 35.5. The average Bonchev–Trinajstić information content (AvgIpc) is 2.73. The van der Waals surface area contributed by atoms with Gasteiger partial charge in [-0.15, -0.1) is 0 Å². The summed E-state index contributed by atoms with van der Waals surface area (Å²) in [7, 11) is 0. The SMILES string of the molecule is O=C(NCCc1c(Cl)cccc1Cl)C1CC(F)(F)CN1. The van der Waals surface area contributed by atoms with Crippen molar-refractivity contribution in [2.75, 3.05) is 13.1 Å². The van der Waals surface area contributed by atoms with E-state index in [-0.39, 0.29) is 0 Å². The first-order valence-corrected chi connectivity index (χ1v) is 6.96. The molecule has 7 heteroatoms. The van der Waals surface area contributed by atoms with Gasteiger partial charge < -0.3 is 5.32 Å². The minimum Gasteiger partial charge on any atom is -0.354 e. The quantitative estimate of drug-likeness (QED) is 0.894. The molecular formula is C13H14Cl2F2N2O. The van der Waals surface area contributed by atoms with E-state index in [0.717, 1.165) is 5.56 Å². The maximum absolute atomic E-state index is 13.0.